The zero-order valence-electron chi connectivity index (χ0n) is 13.0. The molecule has 2 heterocycles. The minimum absolute atomic E-state index is 0.0164. The van der Waals surface area contributed by atoms with Gasteiger partial charge in [0.05, 0.1) is 6.04 Å². The van der Waals surface area contributed by atoms with Gasteiger partial charge >= 0.3 is 0 Å². The van der Waals surface area contributed by atoms with E-state index in [0.717, 1.165) is 25.1 Å². The molecule has 5 nitrogen and oxygen atoms in total. The first-order valence-corrected chi connectivity index (χ1v) is 8.08. The Morgan fingerprint density at radius 1 is 1.32 bits per heavy atom. The topological polar surface area (TPSA) is 61.4 Å². The van der Waals surface area contributed by atoms with Gasteiger partial charge in [-0.3, -0.25) is 9.59 Å². The van der Waals surface area contributed by atoms with E-state index < -0.39 is 0 Å². The predicted octanol–water partition coefficient (Wildman–Crippen LogP) is 1.00. The van der Waals surface area contributed by atoms with Gasteiger partial charge in [-0.2, -0.15) is 0 Å². The van der Waals surface area contributed by atoms with Crippen molar-refractivity contribution in [2.75, 3.05) is 19.6 Å². The molecule has 2 aliphatic rings. The molecule has 1 aromatic carbocycles. The molecule has 0 aliphatic carbocycles. The van der Waals surface area contributed by atoms with Crippen LogP contribution in [0.5, 0.6) is 0 Å². The zero-order valence-corrected chi connectivity index (χ0v) is 13.0. The van der Waals surface area contributed by atoms with Gasteiger partial charge in [0.1, 0.15) is 6.04 Å². The van der Waals surface area contributed by atoms with Gasteiger partial charge in [0.25, 0.3) is 0 Å². The first kappa shape index (κ1) is 15.0. The van der Waals surface area contributed by atoms with Crippen LogP contribution in [0.25, 0.3) is 0 Å². The molecule has 0 saturated carbocycles. The van der Waals surface area contributed by atoms with Crippen molar-refractivity contribution in [1.82, 2.24) is 15.5 Å². The van der Waals surface area contributed by atoms with Crippen molar-refractivity contribution < 1.29 is 9.59 Å². The van der Waals surface area contributed by atoms with Gasteiger partial charge in [-0.1, -0.05) is 31.2 Å². The Morgan fingerprint density at radius 3 is 2.73 bits per heavy atom. The molecule has 2 saturated heterocycles. The van der Waals surface area contributed by atoms with Crippen LogP contribution in [0.15, 0.2) is 24.3 Å². The van der Waals surface area contributed by atoms with E-state index in [4.69, 9.17) is 0 Å². The van der Waals surface area contributed by atoms with Crippen molar-refractivity contribution in [2.24, 2.45) is 0 Å². The molecule has 1 unspecified atom stereocenters. The maximum Gasteiger partial charge on any atom is 0.245 e. The summed E-state index contributed by atoms with van der Waals surface area (Å²) in [6, 6.07) is 8.19. The Kier molecular flexibility index (Phi) is 4.43. The fraction of sp³-hybridized carbons (Fsp3) is 0.529. The van der Waals surface area contributed by atoms with E-state index in [2.05, 4.69) is 41.8 Å². The van der Waals surface area contributed by atoms with Gasteiger partial charge in [-0.05, 0) is 24.0 Å². The number of nitrogens with zero attached hydrogens (tertiary/aromatic N) is 1. The molecule has 0 spiro atoms. The Balaban J connectivity index is 1.78. The summed E-state index contributed by atoms with van der Waals surface area (Å²) < 4.78 is 0. The van der Waals surface area contributed by atoms with Crippen LogP contribution in [0.3, 0.4) is 0 Å². The number of hydrogen-bond donors (Lipinski definition) is 2. The van der Waals surface area contributed by atoms with Crippen LogP contribution in [0, 0.1) is 0 Å². The predicted molar refractivity (Wildman–Crippen MR) is 84.3 cm³/mol. The highest BCUT2D eigenvalue weighted by atomic mass is 16.2. The second-order valence-corrected chi connectivity index (χ2v) is 6.01. The summed E-state index contributed by atoms with van der Waals surface area (Å²) in [6.45, 7) is 4.38. The highest BCUT2D eigenvalue weighted by molar-refractivity contribution is 5.91. The quantitative estimate of drug-likeness (QED) is 0.875. The lowest BCUT2D eigenvalue weighted by molar-refractivity contribution is -0.137. The first-order chi connectivity index (χ1) is 10.7. The van der Waals surface area contributed by atoms with Crippen LogP contribution in [0.4, 0.5) is 0 Å². The largest absolute Gasteiger partial charge is 0.344 e. The second-order valence-electron chi connectivity index (χ2n) is 6.01. The molecular formula is C17H23N3O2. The number of carbonyl (C=O) groups excluding carboxylic acids is 2. The van der Waals surface area contributed by atoms with Crippen LogP contribution < -0.4 is 10.6 Å². The van der Waals surface area contributed by atoms with Crippen LogP contribution in [0.2, 0.25) is 0 Å². The van der Waals surface area contributed by atoms with Crippen molar-refractivity contribution in [3.63, 3.8) is 0 Å². The maximum absolute atomic E-state index is 12.7. The zero-order chi connectivity index (χ0) is 15.5. The average molecular weight is 301 g/mol. The minimum Gasteiger partial charge on any atom is -0.344 e. The van der Waals surface area contributed by atoms with Crippen LogP contribution in [-0.4, -0.2) is 42.4 Å². The van der Waals surface area contributed by atoms with E-state index in [1.165, 1.54) is 5.56 Å². The average Bonchev–Trinajstić information content (AvgIpc) is 3.01. The molecule has 1 aromatic rings. The lowest BCUT2D eigenvalue weighted by Crippen LogP contribution is -2.53. The Morgan fingerprint density at radius 2 is 2.09 bits per heavy atom. The molecule has 2 aliphatic heterocycles. The number of nitrogens with one attached hydrogen (secondary N) is 2. The third kappa shape index (κ3) is 2.99. The third-order valence-corrected chi connectivity index (χ3v) is 4.59. The maximum atomic E-state index is 12.7. The summed E-state index contributed by atoms with van der Waals surface area (Å²) in [5, 5.41) is 6.16. The molecule has 5 heteroatoms. The molecule has 2 amide bonds. The van der Waals surface area contributed by atoms with Crippen LogP contribution >= 0.6 is 0 Å². The van der Waals surface area contributed by atoms with Gasteiger partial charge in [-0.15, -0.1) is 0 Å². The number of aryl methyl sites for hydroxylation is 1. The summed E-state index contributed by atoms with van der Waals surface area (Å²) in [5.41, 5.74) is 2.45. The summed E-state index contributed by atoms with van der Waals surface area (Å²) >= 11 is 0. The fourth-order valence-corrected chi connectivity index (χ4v) is 3.24. The van der Waals surface area contributed by atoms with Crippen LogP contribution in [-0.2, 0) is 16.0 Å². The first-order valence-electron chi connectivity index (χ1n) is 8.08. The van der Waals surface area contributed by atoms with Gasteiger partial charge in [-0.25, -0.2) is 0 Å². The van der Waals surface area contributed by atoms with Gasteiger partial charge in [0.15, 0.2) is 0 Å². The van der Waals surface area contributed by atoms with Crippen molar-refractivity contribution in [2.45, 2.75) is 38.3 Å². The highest BCUT2D eigenvalue weighted by Crippen LogP contribution is 2.25. The van der Waals surface area contributed by atoms with Gasteiger partial charge in [0.2, 0.25) is 11.8 Å². The summed E-state index contributed by atoms with van der Waals surface area (Å²) in [7, 11) is 0. The molecule has 2 N–H and O–H groups in total. The van der Waals surface area contributed by atoms with E-state index >= 15 is 0 Å². The van der Waals surface area contributed by atoms with E-state index in [1.54, 1.807) is 0 Å². The van der Waals surface area contributed by atoms with Gasteiger partial charge < -0.3 is 15.5 Å². The smallest absolute Gasteiger partial charge is 0.245 e. The molecule has 0 aromatic heterocycles. The molecule has 118 valence electrons. The molecular weight excluding hydrogens is 278 g/mol. The van der Waals surface area contributed by atoms with Crippen molar-refractivity contribution >= 4 is 11.8 Å². The monoisotopic (exact) mass is 301 g/mol. The molecule has 3 rings (SSSR count). The second kappa shape index (κ2) is 6.48. The van der Waals surface area contributed by atoms with Crippen LogP contribution in [0.1, 0.15) is 36.9 Å². The minimum atomic E-state index is -0.344. The lowest BCUT2D eigenvalue weighted by atomic mass is 10.00. The van der Waals surface area contributed by atoms with Crippen molar-refractivity contribution in [1.29, 1.82) is 0 Å². The number of amides is 2. The normalized spacial score (nSPS) is 25.1. The Labute approximate surface area is 131 Å². The van der Waals surface area contributed by atoms with E-state index in [9.17, 15) is 9.59 Å². The standard InChI is InChI=1S/C17H23N3O2/c1-2-12-3-5-13(6-4-12)15-11-18-9-10-20(15)17(22)14-7-8-16(21)19-14/h3-6,14-15,18H,2,7-11H2,1H3,(H,19,21)/t14-,15?/m1/s1. The van der Waals surface area contributed by atoms with E-state index in [-0.39, 0.29) is 23.9 Å². The number of rotatable bonds is 3. The summed E-state index contributed by atoms with van der Waals surface area (Å²) in [5.74, 6) is 0.0363. The van der Waals surface area contributed by atoms with E-state index in [0.29, 0.717) is 19.4 Å². The number of hydrogen-bond acceptors (Lipinski definition) is 3. The Hall–Kier alpha value is -1.88. The third-order valence-electron chi connectivity index (χ3n) is 4.59. The molecule has 0 radical (unpaired) electrons. The molecule has 2 atom stereocenters. The fourth-order valence-electron chi connectivity index (χ4n) is 3.24. The SMILES string of the molecule is CCc1ccc(C2CNCCN2C(=O)[C@H]2CCC(=O)N2)cc1. The van der Waals surface area contributed by atoms with Crippen molar-refractivity contribution in [3.05, 3.63) is 35.4 Å². The summed E-state index contributed by atoms with van der Waals surface area (Å²) in [6.07, 6.45) is 2.08. The molecule has 2 fully saturated rings. The van der Waals surface area contributed by atoms with E-state index in [1.807, 2.05) is 4.90 Å². The lowest BCUT2D eigenvalue weighted by Gasteiger charge is -2.38. The summed E-state index contributed by atoms with van der Waals surface area (Å²) in [4.78, 5) is 26.0. The van der Waals surface area contributed by atoms with Crippen molar-refractivity contribution in [3.8, 4) is 0 Å². The number of benzene rings is 1. The molecule has 0 bridgehead atoms. The molecule has 22 heavy (non-hydrogen) atoms. The number of piperazine rings is 1. The Bertz CT molecular complexity index is 556. The number of carbonyl (C=O) groups is 2. The van der Waals surface area contributed by atoms with Gasteiger partial charge in [0, 0.05) is 26.1 Å². The highest BCUT2D eigenvalue weighted by Gasteiger charge is 2.35.